The highest BCUT2D eigenvalue weighted by Crippen LogP contribution is 2.26. The summed E-state index contributed by atoms with van der Waals surface area (Å²) in [6.45, 7) is 11.0. The van der Waals surface area contributed by atoms with Gasteiger partial charge in [-0.15, -0.1) is 0 Å². The summed E-state index contributed by atoms with van der Waals surface area (Å²) in [5, 5.41) is 0. The summed E-state index contributed by atoms with van der Waals surface area (Å²) in [4.78, 5) is 0. The van der Waals surface area contributed by atoms with Crippen molar-refractivity contribution in [3.63, 3.8) is 0 Å². The van der Waals surface area contributed by atoms with E-state index in [9.17, 15) is 0 Å². The third kappa shape index (κ3) is 5.92. The molecule has 0 amide bonds. The van der Waals surface area contributed by atoms with Crippen molar-refractivity contribution in [1.29, 1.82) is 0 Å². The van der Waals surface area contributed by atoms with Crippen LogP contribution in [-0.4, -0.2) is 6.10 Å². The first-order valence-electron chi connectivity index (χ1n) is 9.83. The fourth-order valence-corrected chi connectivity index (χ4v) is 3.42. The molecule has 0 aliphatic rings. The van der Waals surface area contributed by atoms with E-state index in [2.05, 4.69) is 77.1 Å². The van der Waals surface area contributed by atoms with Gasteiger partial charge in [-0.3, -0.25) is 0 Å². The molecule has 0 saturated carbocycles. The Hall–Kier alpha value is -1.76. The van der Waals surface area contributed by atoms with Gasteiger partial charge in [0.05, 0.1) is 0 Å². The molecule has 0 spiro atoms. The minimum absolute atomic E-state index is 0.274. The Morgan fingerprint density at radius 1 is 0.880 bits per heavy atom. The molecule has 0 radical (unpaired) electrons. The molecule has 2 rings (SSSR count). The molecule has 0 heterocycles. The molecule has 2 unspecified atom stereocenters. The van der Waals surface area contributed by atoms with Gasteiger partial charge in [0.15, 0.2) is 0 Å². The Bertz CT molecular complexity index is 642. The highest BCUT2D eigenvalue weighted by Gasteiger charge is 2.22. The molecule has 0 aliphatic carbocycles. The normalized spacial score (nSPS) is 13.5. The van der Waals surface area contributed by atoms with Crippen LogP contribution in [0.25, 0.3) is 0 Å². The topological polar surface area (TPSA) is 9.23 Å². The van der Waals surface area contributed by atoms with Crippen molar-refractivity contribution in [2.24, 2.45) is 5.92 Å². The third-order valence-electron chi connectivity index (χ3n) is 5.23. The van der Waals surface area contributed by atoms with Gasteiger partial charge < -0.3 is 4.74 Å². The lowest BCUT2D eigenvalue weighted by Gasteiger charge is -2.28. The number of hydrogen-bond donors (Lipinski definition) is 0. The lowest BCUT2D eigenvalue weighted by Crippen LogP contribution is -2.28. The minimum Gasteiger partial charge on any atom is -0.490 e. The van der Waals surface area contributed by atoms with Crippen LogP contribution in [0.15, 0.2) is 42.5 Å². The molecular weight excluding hydrogens is 304 g/mol. The van der Waals surface area contributed by atoms with Crippen molar-refractivity contribution in [2.45, 2.75) is 72.8 Å². The molecule has 25 heavy (non-hydrogen) atoms. The summed E-state index contributed by atoms with van der Waals surface area (Å²) in [5.41, 5.74) is 5.48. The van der Waals surface area contributed by atoms with Gasteiger partial charge in [0, 0.05) is 0 Å². The maximum atomic E-state index is 6.40. The smallest absolute Gasteiger partial charge is 0.119 e. The monoisotopic (exact) mass is 338 g/mol. The van der Waals surface area contributed by atoms with E-state index in [1.165, 1.54) is 41.5 Å². The van der Waals surface area contributed by atoms with Crippen LogP contribution in [-0.2, 0) is 6.42 Å². The summed E-state index contributed by atoms with van der Waals surface area (Å²) < 4.78 is 6.40. The van der Waals surface area contributed by atoms with E-state index >= 15 is 0 Å². The zero-order chi connectivity index (χ0) is 18.2. The number of ether oxygens (including phenoxy) is 1. The van der Waals surface area contributed by atoms with E-state index in [1.807, 2.05) is 0 Å². The molecule has 2 atom stereocenters. The second-order valence-electron chi connectivity index (χ2n) is 7.40. The van der Waals surface area contributed by atoms with Crippen LogP contribution in [0.5, 0.6) is 5.75 Å². The number of hydrogen-bond acceptors (Lipinski definition) is 1. The molecule has 0 fully saturated rings. The molecule has 0 N–H and O–H groups in total. The van der Waals surface area contributed by atoms with Crippen molar-refractivity contribution >= 4 is 0 Å². The van der Waals surface area contributed by atoms with Gasteiger partial charge in [-0.25, -0.2) is 0 Å². The highest BCUT2D eigenvalue weighted by atomic mass is 16.5. The fraction of sp³-hybridized carbons (Fsp3) is 0.500. The molecule has 0 bridgehead atoms. The summed E-state index contributed by atoms with van der Waals surface area (Å²) in [6, 6.07) is 15.4. The Morgan fingerprint density at radius 3 is 2.20 bits per heavy atom. The first-order chi connectivity index (χ1) is 12.0. The number of benzene rings is 2. The van der Waals surface area contributed by atoms with Gasteiger partial charge in [-0.05, 0) is 74.8 Å². The van der Waals surface area contributed by atoms with Crippen molar-refractivity contribution in [3.8, 4) is 5.75 Å². The molecule has 0 aliphatic heterocycles. The first kappa shape index (κ1) is 19.6. The van der Waals surface area contributed by atoms with E-state index in [1.54, 1.807) is 0 Å². The van der Waals surface area contributed by atoms with Gasteiger partial charge in [-0.2, -0.15) is 0 Å². The zero-order valence-electron chi connectivity index (χ0n) is 16.6. The second kappa shape index (κ2) is 9.65. The Balaban J connectivity index is 2.14. The van der Waals surface area contributed by atoms with Crippen molar-refractivity contribution < 1.29 is 4.74 Å². The predicted octanol–water partition coefficient (Wildman–Crippen LogP) is 6.82. The Labute approximate surface area is 154 Å². The molecule has 136 valence electrons. The van der Waals surface area contributed by atoms with Crippen molar-refractivity contribution in [2.75, 3.05) is 0 Å². The summed E-state index contributed by atoms with van der Waals surface area (Å²) in [7, 11) is 0. The summed E-state index contributed by atoms with van der Waals surface area (Å²) in [5.74, 6) is 1.56. The lowest BCUT2D eigenvalue weighted by atomic mass is 9.87. The quantitative estimate of drug-likeness (QED) is 0.487. The van der Waals surface area contributed by atoms with Crippen LogP contribution in [0.3, 0.4) is 0 Å². The first-order valence-corrected chi connectivity index (χ1v) is 9.83. The molecular formula is C24H34O. The molecule has 1 heteroatoms. The molecule has 2 aromatic carbocycles. The maximum absolute atomic E-state index is 6.40. The second-order valence-corrected chi connectivity index (χ2v) is 7.40. The van der Waals surface area contributed by atoms with E-state index < -0.39 is 0 Å². The maximum Gasteiger partial charge on any atom is 0.119 e. The van der Waals surface area contributed by atoms with Crippen molar-refractivity contribution in [3.05, 3.63) is 64.7 Å². The molecule has 1 nitrogen and oxygen atoms in total. The van der Waals surface area contributed by atoms with Crippen LogP contribution in [0.4, 0.5) is 0 Å². The van der Waals surface area contributed by atoms with Crippen LogP contribution in [0.2, 0.25) is 0 Å². The third-order valence-corrected chi connectivity index (χ3v) is 5.23. The minimum atomic E-state index is 0.274. The van der Waals surface area contributed by atoms with Gasteiger partial charge in [-0.1, -0.05) is 62.6 Å². The van der Waals surface area contributed by atoms with Crippen LogP contribution in [0, 0.1) is 26.7 Å². The van der Waals surface area contributed by atoms with Crippen molar-refractivity contribution in [1.82, 2.24) is 0 Å². The average molecular weight is 339 g/mol. The van der Waals surface area contributed by atoms with Gasteiger partial charge in [0.1, 0.15) is 11.9 Å². The van der Waals surface area contributed by atoms with Gasteiger partial charge in [0.2, 0.25) is 0 Å². The Kier molecular flexibility index (Phi) is 7.55. The number of aryl methyl sites for hydroxylation is 3. The molecule has 2 aromatic rings. The van der Waals surface area contributed by atoms with Crippen LogP contribution in [0.1, 0.15) is 61.8 Å². The van der Waals surface area contributed by atoms with E-state index in [-0.39, 0.29) is 6.10 Å². The van der Waals surface area contributed by atoms with E-state index in [0.29, 0.717) is 5.92 Å². The molecule has 0 saturated heterocycles. The molecule has 0 aromatic heterocycles. The van der Waals surface area contributed by atoms with E-state index in [4.69, 9.17) is 4.74 Å². The Morgan fingerprint density at radius 2 is 1.60 bits per heavy atom. The predicted molar refractivity (Wildman–Crippen MR) is 109 cm³/mol. The standard InChI is InChI=1S/C24H34O/c1-6-8-9-22(17-21-13-12-19(4)20(5)16-21)24(7-2)25-23-14-10-18(3)11-15-23/h10-16,22,24H,6-9,17H2,1-5H3. The highest BCUT2D eigenvalue weighted by molar-refractivity contribution is 5.30. The zero-order valence-corrected chi connectivity index (χ0v) is 16.6. The summed E-state index contributed by atoms with van der Waals surface area (Å²) >= 11 is 0. The SMILES string of the molecule is CCCCC(Cc1ccc(C)c(C)c1)C(CC)Oc1ccc(C)cc1. The number of unbranched alkanes of at least 4 members (excludes halogenated alkanes) is 1. The van der Waals surface area contributed by atoms with Crippen LogP contribution >= 0.6 is 0 Å². The van der Waals surface area contributed by atoms with Gasteiger partial charge in [0.25, 0.3) is 0 Å². The lowest BCUT2D eigenvalue weighted by molar-refractivity contribution is 0.121. The average Bonchev–Trinajstić information content (AvgIpc) is 2.61. The van der Waals surface area contributed by atoms with Crippen LogP contribution < -0.4 is 4.74 Å². The van der Waals surface area contributed by atoms with E-state index in [0.717, 1.165) is 18.6 Å². The summed E-state index contributed by atoms with van der Waals surface area (Å²) in [6.07, 6.45) is 6.16. The fourth-order valence-electron chi connectivity index (χ4n) is 3.42. The van der Waals surface area contributed by atoms with Gasteiger partial charge >= 0.3 is 0 Å². The number of rotatable bonds is 9. The largest absolute Gasteiger partial charge is 0.490 e.